The predicted molar refractivity (Wildman–Crippen MR) is 104 cm³/mol. The molecule has 5 heteroatoms. The van der Waals surface area contributed by atoms with Crippen molar-refractivity contribution in [2.24, 2.45) is 11.8 Å². The maximum Gasteiger partial charge on any atom is 0.224 e. The topological polar surface area (TPSA) is 59.6 Å². The lowest BCUT2D eigenvalue weighted by Gasteiger charge is -2.23. The van der Waals surface area contributed by atoms with E-state index in [-0.39, 0.29) is 5.91 Å². The second-order valence-electron chi connectivity index (χ2n) is 7.63. The summed E-state index contributed by atoms with van der Waals surface area (Å²) in [7, 11) is 0. The van der Waals surface area contributed by atoms with Crippen molar-refractivity contribution < 1.29 is 14.3 Å². The Morgan fingerprint density at radius 1 is 1.19 bits per heavy atom. The van der Waals surface area contributed by atoms with E-state index in [4.69, 9.17) is 9.47 Å². The fourth-order valence-corrected chi connectivity index (χ4v) is 3.68. The molecule has 144 valence electrons. The Balaban J connectivity index is 1.47. The van der Waals surface area contributed by atoms with Crippen molar-refractivity contribution in [3.8, 4) is 5.75 Å². The number of hydrogen-bond donors (Lipinski definition) is 2. The number of carbonyl (C=O) groups is 1. The molecular weight excluding hydrogens is 328 g/mol. The summed E-state index contributed by atoms with van der Waals surface area (Å²) >= 11 is 0. The molecule has 2 aliphatic heterocycles. The molecule has 0 spiro atoms. The number of hydrogen-bond acceptors (Lipinski definition) is 4. The summed E-state index contributed by atoms with van der Waals surface area (Å²) in [6.07, 6.45) is 6.06. The average molecular weight is 360 g/mol. The Labute approximate surface area is 156 Å². The van der Waals surface area contributed by atoms with Gasteiger partial charge in [-0.25, -0.2) is 0 Å². The minimum Gasteiger partial charge on any atom is -0.493 e. The van der Waals surface area contributed by atoms with E-state index < -0.39 is 0 Å². The third-order valence-corrected chi connectivity index (χ3v) is 5.53. The molecule has 2 heterocycles. The number of aryl methyl sites for hydroxylation is 1. The van der Waals surface area contributed by atoms with Crippen LogP contribution in [0.25, 0.3) is 0 Å². The van der Waals surface area contributed by atoms with Crippen LogP contribution in [0.1, 0.15) is 44.1 Å². The summed E-state index contributed by atoms with van der Waals surface area (Å²) < 4.78 is 11.4. The Kier molecular flexibility index (Phi) is 7.32. The molecule has 1 amide bonds. The maximum atomic E-state index is 12.3. The SMILES string of the molecule is Cc1ccc(NC(=O)CCC2CCNCC2)cc1OCC1CCOCC1. The Morgan fingerprint density at radius 3 is 2.73 bits per heavy atom. The lowest BCUT2D eigenvalue weighted by atomic mass is 9.93. The number of benzene rings is 1. The molecule has 2 fully saturated rings. The molecule has 0 atom stereocenters. The molecule has 0 radical (unpaired) electrons. The zero-order valence-electron chi connectivity index (χ0n) is 15.9. The molecule has 0 saturated carbocycles. The van der Waals surface area contributed by atoms with Gasteiger partial charge in [0.25, 0.3) is 0 Å². The van der Waals surface area contributed by atoms with Crippen molar-refractivity contribution in [1.29, 1.82) is 0 Å². The van der Waals surface area contributed by atoms with Crippen molar-refractivity contribution in [2.75, 3.05) is 38.2 Å². The van der Waals surface area contributed by atoms with Gasteiger partial charge in [0, 0.05) is 31.4 Å². The van der Waals surface area contributed by atoms with E-state index in [1.54, 1.807) is 0 Å². The molecule has 2 saturated heterocycles. The highest BCUT2D eigenvalue weighted by atomic mass is 16.5. The van der Waals surface area contributed by atoms with Crippen LogP contribution in [0.4, 0.5) is 5.69 Å². The van der Waals surface area contributed by atoms with Crippen molar-refractivity contribution >= 4 is 11.6 Å². The van der Waals surface area contributed by atoms with Crippen LogP contribution in [0.3, 0.4) is 0 Å². The van der Waals surface area contributed by atoms with Crippen molar-refractivity contribution in [1.82, 2.24) is 5.32 Å². The first-order chi connectivity index (χ1) is 12.7. The van der Waals surface area contributed by atoms with Crippen LogP contribution >= 0.6 is 0 Å². The number of piperidine rings is 1. The first kappa shape index (κ1) is 19.2. The molecule has 0 unspecified atom stereocenters. The molecule has 2 N–H and O–H groups in total. The zero-order chi connectivity index (χ0) is 18.2. The predicted octanol–water partition coefficient (Wildman–Crippen LogP) is 3.52. The fraction of sp³-hybridized carbons (Fsp3) is 0.667. The number of anilines is 1. The minimum absolute atomic E-state index is 0.0998. The maximum absolute atomic E-state index is 12.3. The van der Waals surface area contributed by atoms with Gasteiger partial charge in [0.05, 0.1) is 6.61 Å². The standard InChI is InChI=1S/C21H32N2O3/c1-16-2-4-19(14-20(16)26-15-18-8-12-25-13-9-18)23-21(24)5-3-17-6-10-22-11-7-17/h2,4,14,17-18,22H,3,5-13,15H2,1H3,(H,23,24). The molecule has 0 aliphatic carbocycles. The smallest absolute Gasteiger partial charge is 0.224 e. The van der Waals surface area contributed by atoms with E-state index in [0.717, 1.165) is 69.2 Å². The number of amides is 1. The Morgan fingerprint density at radius 2 is 1.96 bits per heavy atom. The largest absolute Gasteiger partial charge is 0.493 e. The van der Waals surface area contributed by atoms with Crippen molar-refractivity contribution in [2.45, 2.75) is 45.4 Å². The normalized spacial score (nSPS) is 19.3. The van der Waals surface area contributed by atoms with Crippen LogP contribution in [0.5, 0.6) is 5.75 Å². The zero-order valence-corrected chi connectivity index (χ0v) is 15.9. The molecule has 1 aromatic rings. The monoisotopic (exact) mass is 360 g/mol. The molecule has 2 aliphatic rings. The fourth-order valence-electron chi connectivity index (χ4n) is 3.68. The highest BCUT2D eigenvalue weighted by Crippen LogP contribution is 2.25. The Bertz CT molecular complexity index is 579. The molecule has 1 aromatic carbocycles. The Hall–Kier alpha value is -1.59. The van der Waals surface area contributed by atoms with Gasteiger partial charge >= 0.3 is 0 Å². The van der Waals surface area contributed by atoms with Gasteiger partial charge in [-0.2, -0.15) is 0 Å². The van der Waals surface area contributed by atoms with Crippen LogP contribution in [-0.2, 0) is 9.53 Å². The van der Waals surface area contributed by atoms with Gasteiger partial charge in [-0.15, -0.1) is 0 Å². The average Bonchev–Trinajstić information content (AvgIpc) is 2.68. The minimum atomic E-state index is 0.0998. The van der Waals surface area contributed by atoms with E-state index >= 15 is 0 Å². The van der Waals surface area contributed by atoms with E-state index in [1.165, 1.54) is 12.8 Å². The van der Waals surface area contributed by atoms with E-state index in [0.29, 0.717) is 18.3 Å². The number of rotatable bonds is 7. The quantitative estimate of drug-likeness (QED) is 0.781. The third-order valence-electron chi connectivity index (χ3n) is 5.53. The van der Waals surface area contributed by atoms with Gasteiger partial charge < -0.3 is 20.1 Å². The first-order valence-electron chi connectivity index (χ1n) is 10.0. The highest BCUT2D eigenvalue weighted by Gasteiger charge is 2.16. The summed E-state index contributed by atoms with van der Waals surface area (Å²) in [5.41, 5.74) is 1.93. The molecule has 5 nitrogen and oxygen atoms in total. The number of carbonyl (C=O) groups excluding carboxylic acids is 1. The summed E-state index contributed by atoms with van der Waals surface area (Å²) in [6.45, 7) is 6.59. The summed E-state index contributed by atoms with van der Waals surface area (Å²) in [4.78, 5) is 12.3. The van der Waals surface area contributed by atoms with Crippen LogP contribution in [0.2, 0.25) is 0 Å². The van der Waals surface area contributed by atoms with Gasteiger partial charge in [0.15, 0.2) is 0 Å². The van der Waals surface area contributed by atoms with Crippen LogP contribution in [-0.4, -0.2) is 38.8 Å². The second kappa shape index (κ2) is 9.93. The molecule has 0 aromatic heterocycles. The first-order valence-corrected chi connectivity index (χ1v) is 10.0. The van der Waals surface area contributed by atoms with E-state index in [9.17, 15) is 4.79 Å². The summed E-state index contributed by atoms with van der Waals surface area (Å²) in [5.74, 6) is 2.21. The van der Waals surface area contributed by atoms with Gasteiger partial charge in [-0.3, -0.25) is 4.79 Å². The summed E-state index contributed by atoms with van der Waals surface area (Å²) in [5, 5.41) is 6.40. The number of ether oxygens (including phenoxy) is 2. The molecular formula is C21H32N2O3. The van der Waals surface area contributed by atoms with Crippen LogP contribution < -0.4 is 15.4 Å². The second-order valence-corrected chi connectivity index (χ2v) is 7.63. The van der Waals surface area contributed by atoms with Crippen molar-refractivity contribution in [3.63, 3.8) is 0 Å². The highest BCUT2D eigenvalue weighted by molar-refractivity contribution is 5.90. The molecule has 0 bridgehead atoms. The van der Waals surface area contributed by atoms with E-state index in [2.05, 4.69) is 10.6 Å². The lowest BCUT2D eigenvalue weighted by Crippen LogP contribution is -2.28. The number of nitrogens with one attached hydrogen (secondary N) is 2. The molecule has 26 heavy (non-hydrogen) atoms. The van der Waals surface area contributed by atoms with E-state index in [1.807, 2.05) is 25.1 Å². The van der Waals surface area contributed by atoms with Gasteiger partial charge in [-0.1, -0.05) is 6.07 Å². The lowest BCUT2D eigenvalue weighted by molar-refractivity contribution is -0.116. The molecule has 3 rings (SSSR count). The van der Waals surface area contributed by atoms with Crippen molar-refractivity contribution in [3.05, 3.63) is 23.8 Å². The van der Waals surface area contributed by atoms with Crippen LogP contribution in [0.15, 0.2) is 18.2 Å². The third kappa shape index (κ3) is 5.99. The van der Waals surface area contributed by atoms with Gasteiger partial charge in [-0.05, 0) is 75.6 Å². The summed E-state index contributed by atoms with van der Waals surface area (Å²) in [6, 6.07) is 5.93. The van der Waals surface area contributed by atoms with Gasteiger partial charge in [0.1, 0.15) is 5.75 Å². The van der Waals surface area contributed by atoms with Gasteiger partial charge in [0.2, 0.25) is 5.91 Å². The van der Waals surface area contributed by atoms with Crippen LogP contribution in [0, 0.1) is 18.8 Å².